The summed E-state index contributed by atoms with van der Waals surface area (Å²) in [7, 11) is 1.80. The van der Waals surface area contributed by atoms with Gasteiger partial charge in [-0.15, -0.1) is 0 Å². The Labute approximate surface area is 122 Å². The first-order valence-electron chi connectivity index (χ1n) is 8.35. The van der Waals surface area contributed by atoms with Crippen LogP contribution in [0.25, 0.3) is 0 Å². The normalized spacial score (nSPS) is 31.2. The molecule has 3 rings (SSSR count). The summed E-state index contributed by atoms with van der Waals surface area (Å²) in [6, 6.07) is 0.669. The van der Waals surface area contributed by atoms with Crippen molar-refractivity contribution in [2.24, 2.45) is 11.8 Å². The molecule has 1 saturated heterocycles. The van der Waals surface area contributed by atoms with Gasteiger partial charge in [-0.25, -0.2) is 0 Å². The average molecular weight is 282 g/mol. The highest BCUT2D eigenvalue weighted by atomic mass is 16.5. The molecule has 1 heterocycles. The van der Waals surface area contributed by atoms with Gasteiger partial charge < -0.3 is 20.1 Å². The van der Waals surface area contributed by atoms with Crippen LogP contribution < -0.4 is 5.32 Å². The van der Waals surface area contributed by atoms with Crippen LogP contribution in [0.3, 0.4) is 0 Å². The topological polar surface area (TPSA) is 44.7 Å². The summed E-state index contributed by atoms with van der Waals surface area (Å²) in [5.74, 6) is 1.36. The van der Waals surface area contributed by atoms with Gasteiger partial charge in [-0.3, -0.25) is 0 Å². The number of hydrogen-bond acceptors (Lipinski definition) is 4. The lowest BCUT2D eigenvalue weighted by Gasteiger charge is -2.41. The molecule has 0 spiro atoms. The Kier molecular flexibility index (Phi) is 4.65. The number of aliphatic hydroxyl groups excluding tert-OH is 1. The van der Waals surface area contributed by atoms with Crippen molar-refractivity contribution in [2.45, 2.75) is 50.1 Å². The molecular formula is C16H30N2O2. The van der Waals surface area contributed by atoms with E-state index in [1.807, 2.05) is 0 Å². The number of ether oxygens (including phenoxy) is 1. The average Bonchev–Trinajstić information content (AvgIpc) is 3.32. The van der Waals surface area contributed by atoms with E-state index in [4.69, 9.17) is 4.74 Å². The molecule has 0 bridgehead atoms. The molecule has 0 aromatic rings. The summed E-state index contributed by atoms with van der Waals surface area (Å²) < 4.78 is 5.33. The first kappa shape index (κ1) is 14.8. The van der Waals surface area contributed by atoms with E-state index >= 15 is 0 Å². The van der Waals surface area contributed by atoms with Crippen molar-refractivity contribution in [3.8, 4) is 0 Å². The molecule has 0 aromatic heterocycles. The van der Waals surface area contributed by atoms with Gasteiger partial charge in [0.25, 0.3) is 0 Å². The largest absolute Gasteiger partial charge is 0.394 e. The van der Waals surface area contributed by atoms with E-state index in [-0.39, 0.29) is 5.54 Å². The van der Waals surface area contributed by atoms with Crippen LogP contribution in [0.4, 0.5) is 0 Å². The molecule has 0 aromatic carbocycles. The number of aliphatic hydroxyl groups is 1. The summed E-state index contributed by atoms with van der Waals surface area (Å²) >= 11 is 0. The molecule has 2 N–H and O–H groups in total. The molecular weight excluding hydrogens is 252 g/mol. The maximum absolute atomic E-state index is 10.0. The van der Waals surface area contributed by atoms with Gasteiger partial charge in [0.2, 0.25) is 0 Å². The van der Waals surface area contributed by atoms with E-state index in [1.165, 1.54) is 45.1 Å². The first-order chi connectivity index (χ1) is 9.75. The van der Waals surface area contributed by atoms with Crippen LogP contribution in [-0.4, -0.2) is 61.5 Å². The number of hydrogen-bond donors (Lipinski definition) is 2. The standard InChI is InChI=1S/C16H30N2O2/c1-20-10-13-3-2-8-18(9-13)11-16(12-19,14-4-5-14)17-15-6-7-15/h13-15,17,19H,2-12H2,1H3. The van der Waals surface area contributed by atoms with Crippen molar-refractivity contribution in [2.75, 3.05) is 40.0 Å². The van der Waals surface area contributed by atoms with E-state index in [0.717, 1.165) is 19.7 Å². The SMILES string of the molecule is COCC1CCCN(CC(CO)(NC2CC2)C2CC2)C1. The zero-order chi connectivity index (χ0) is 14.0. The van der Waals surface area contributed by atoms with Crippen molar-refractivity contribution >= 4 is 0 Å². The monoisotopic (exact) mass is 282 g/mol. The Morgan fingerprint density at radius 2 is 2.05 bits per heavy atom. The number of likely N-dealkylation sites (tertiary alicyclic amines) is 1. The fraction of sp³-hybridized carbons (Fsp3) is 1.00. The van der Waals surface area contributed by atoms with Gasteiger partial charge in [0.05, 0.1) is 18.8 Å². The van der Waals surface area contributed by atoms with E-state index in [9.17, 15) is 5.11 Å². The molecule has 1 aliphatic heterocycles. The van der Waals surface area contributed by atoms with E-state index in [0.29, 0.717) is 24.5 Å². The highest BCUT2D eigenvalue weighted by Crippen LogP contribution is 2.42. The van der Waals surface area contributed by atoms with Crippen molar-refractivity contribution in [1.29, 1.82) is 0 Å². The molecule has 0 amide bonds. The Hall–Kier alpha value is -0.160. The third kappa shape index (κ3) is 3.53. The Morgan fingerprint density at radius 3 is 2.65 bits per heavy atom. The smallest absolute Gasteiger partial charge is 0.0628 e. The zero-order valence-corrected chi connectivity index (χ0v) is 12.8. The van der Waals surface area contributed by atoms with Gasteiger partial charge in [-0.05, 0) is 56.9 Å². The fourth-order valence-electron chi connectivity index (χ4n) is 3.85. The fourth-order valence-corrected chi connectivity index (χ4v) is 3.85. The molecule has 3 fully saturated rings. The lowest BCUT2D eigenvalue weighted by molar-refractivity contribution is 0.0466. The van der Waals surface area contributed by atoms with Crippen LogP contribution >= 0.6 is 0 Å². The summed E-state index contributed by atoms with van der Waals surface area (Å²) in [5, 5.41) is 13.8. The molecule has 2 saturated carbocycles. The Bertz CT molecular complexity index is 316. The summed E-state index contributed by atoms with van der Waals surface area (Å²) in [6.45, 7) is 4.50. The molecule has 4 nitrogen and oxygen atoms in total. The van der Waals surface area contributed by atoms with Crippen LogP contribution in [0.1, 0.15) is 38.5 Å². The van der Waals surface area contributed by atoms with Crippen molar-refractivity contribution in [3.63, 3.8) is 0 Å². The molecule has 20 heavy (non-hydrogen) atoms. The highest BCUT2D eigenvalue weighted by molar-refractivity contribution is 5.06. The number of piperidine rings is 1. The molecule has 116 valence electrons. The lowest BCUT2D eigenvalue weighted by Crippen LogP contribution is -2.60. The number of rotatable bonds is 8. The second kappa shape index (κ2) is 6.30. The van der Waals surface area contributed by atoms with Crippen molar-refractivity contribution < 1.29 is 9.84 Å². The third-order valence-electron chi connectivity index (χ3n) is 5.22. The Morgan fingerprint density at radius 1 is 1.25 bits per heavy atom. The van der Waals surface area contributed by atoms with Crippen LogP contribution in [0.15, 0.2) is 0 Å². The Balaban J connectivity index is 1.59. The highest BCUT2D eigenvalue weighted by Gasteiger charge is 2.48. The van der Waals surface area contributed by atoms with Gasteiger partial charge in [0.15, 0.2) is 0 Å². The molecule has 3 aliphatic rings. The van der Waals surface area contributed by atoms with Gasteiger partial charge in [0, 0.05) is 26.2 Å². The minimum Gasteiger partial charge on any atom is -0.394 e. The molecule has 2 atom stereocenters. The summed E-state index contributed by atoms with van der Waals surface area (Å²) in [4.78, 5) is 2.57. The molecule has 2 unspecified atom stereocenters. The predicted octanol–water partition coefficient (Wildman–Crippen LogP) is 1.24. The second-order valence-corrected chi connectivity index (χ2v) is 7.21. The minimum absolute atomic E-state index is 0.0316. The van der Waals surface area contributed by atoms with Crippen LogP contribution in [0.2, 0.25) is 0 Å². The van der Waals surface area contributed by atoms with Gasteiger partial charge in [-0.1, -0.05) is 0 Å². The summed E-state index contributed by atoms with van der Waals surface area (Å²) in [5.41, 5.74) is -0.0316. The number of methoxy groups -OCH3 is 1. The molecule has 0 radical (unpaired) electrons. The predicted molar refractivity (Wildman–Crippen MR) is 79.7 cm³/mol. The zero-order valence-electron chi connectivity index (χ0n) is 12.8. The maximum atomic E-state index is 10.0. The van der Waals surface area contributed by atoms with Crippen LogP contribution in [0, 0.1) is 11.8 Å². The van der Waals surface area contributed by atoms with E-state index in [2.05, 4.69) is 10.2 Å². The quantitative estimate of drug-likeness (QED) is 0.703. The molecule has 4 heteroatoms. The number of nitrogens with one attached hydrogen (secondary N) is 1. The van der Waals surface area contributed by atoms with E-state index in [1.54, 1.807) is 7.11 Å². The van der Waals surface area contributed by atoms with Gasteiger partial charge in [-0.2, -0.15) is 0 Å². The second-order valence-electron chi connectivity index (χ2n) is 7.21. The first-order valence-corrected chi connectivity index (χ1v) is 8.35. The maximum Gasteiger partial charge on any atom is 0.0628 e. The molecule has 2 aliphatic carbocycles. The van der Waals surface area contributed by atoms with Crippen molar-refractivity contribution in [1.82, 2.24) is 10.2 Å². The minimum atomic E-state index is -0.0316. The number of nitrogens with zero attached hydrogens (tertiary/aromatic N) is 1. The van der Waals surface area contributed by atoms with E-state index < -0.39 is 0 Å². The van der Waals surface area contributed by atoms with Gasteiger partial charge >= 0.3 is 0 Å². The van der Waals surface area contributed by atoms with Crippen LogP contribution in [0.5, 0.6) is 0 Å². The van der Waals surface area contributed by atoms with Crippen molar-refractivity contribution in [3.05, 3.63) is 0 Å². The summed E-state index contributed by atoms with van der Waals surface area (Å²) in [6.07, 6.45) is 7.71. The lowest BCUT2D eigenvalue weighted by atomic mass is 9.90. The third-order valence-corrected chi connectivity index (χ3v) is 5.22. The van der Waals surface area contributed by atoms with Crippen LogP contribution in [-0.2, 0) is 4.74 Å². The van der Waals surface area contributed by atoms with Gasteiger partial charge in [0.1, 0.15) is 0 Å².